The van der Waals surface area contributed by atoms with Gasteiger partial charge in [0, 0.05) is 25.2 Å². The SMILES string of the molecule is COc1ccc(CN(C)c2ncnc3cnccc23)cc1OC. The normalized spacial score (nSPS) is 10.6. The van der Waals surface area contributed by atoms with E-state index in [0.29, 0.717) is 6.54 Å². The Labute approximate surface area is 134 Å². The van der Waals surface area contributed by atoms with Gasteiger partial charge in [0.2, 0.25) is 0 Å². The summed E-state index contributed by atoms with van der Waals surface area (Å²) in [7, 11) is 5.26. The first kappa shape index (κ1) is 15.0. The van der Waals surface area contributed by atoms with Crippen LogP contribution in [-0.2, 0) is 6.54 Å². The van der Waals surface area contributed by atoms with Crippen LogP contribution in [-0.4, -0.2) is 36.2 Å². The minimum Gasteiger partial charge on any atom is -0.493 e. The molecule has 0 unspecified atom stereocenters. The molecule has 1 aromatic carbocycles. The molecule has 0 bridgehead atoms. The van der Waals surface area contributed by atoms with Gasteiger partial charge in [0.05, 0.1) is 25.9 Å². The lowest BCUT2D eigenvalue weighted by Crippen LogP contribution is -2.18. The maximum Gasteiger partial charge on any atom is 0.161 e. The number of pyridine rings is 1. The molecule has 6 heteroatoms. The number of hydrogen-bond acceptors (Lipinski definition) is 6. The van der Waals surface area contributed by atoms with Gasteiger partial charge in [-0.2, -0.15) is 0 Å². The fraction of sp³-hybridized carbons (Fsp3) is 0.235. The molecule has 0 aliphatic carbocycles. The summed E-state index contributed by atoms with van der Waals surface area (Å²) in [5.41, 5.74) is 1.93. The van der Waals surface area contributed by atoms with E-state index >= 15 is 0 Å². The van der Waals surface area contributed by atoms with Gasteiger partial charge in [-0.05, 0) is 23.8 Å². The van der Waals surface area contributed by atoms with Gasteiger partial charge < -0.3 is 14.4 Å². The summed E-state index contributed by atoms with van der Waals surface area (Å²) in [6.45, 7) is 0.689. The molecule has 0 atom stereocenters. The van der Waals surface area contributed by atoms with Crippen molar-refractivity contribution in [2.75, 3.05) is 26.2 Å². The zero-order chi connectivity index (χ0) is 16.2. The zero-order valence-electron chi connectivity index (χ0n) is 13.4. The van der Waals surface area contributed by atoms with Gasteiger partial charge in [0.15, 0.2) is 11.5 Å². The zero-order valence-corrected chi connectivity index (χ0v) is 13.4. The Morgan fingerprint density at radius 3 is 2.65 bits per heavy atom. The molecule has 0 radical (unpaired) electrons. The molecule has 3 rings (SSSR count). The average Bonchev–Trinajstić information content (AvgIpc) is 2.61. The number of ether oxygens (including phenoxy) is 2. The first-order valence-corrected chi connectivity index (χ1v) is 7.19. The Morgan fingerprint density at radius 1 is 1.04 bits per heavy atom. The number of fused-ring (bicyclic) bond motifs is 1. The van der Waals surface area contributed by atoms with Crippen molar-refractivity contribution in [2.24, 2.45) is 0 Å². The van der Waals surface area contributed by atoms with Crippen LogP contribution in [0.2, 0.25) is 0 Å². The van der Waals surface area contributed by atoms with Gasteiger partial charge in [-0.3, -0.25) is 4.98 Å². The maximum absolute atomic E-state index is 5.36. The number of rotatable bonds is 5. The van der Waals surface area contributed by atoms with Crippen molar-refractivity contribution in [3.8, 4) is 11.5 Å². The van der Waals surface area contributed by atoms with Gasteiger partial charge in [-0.1, -0.05) is 6.07 Å². The summed E-state index contributed by atoms with van der Waals surface area (Å²) in [5, 5.41) is 0.977. The molecule has 0 saturated carbocycles. The molecule has 0 aliphatic heterocycles. The van der Waals surface area contributed by atoms with Crippen LogP contribution in [0.15, 0.2) is 43.0 Å². The summed E-state index contributed by atoms with van der Waals surface area (Å²) in [6, 6.07) is 7.82. The highest BCUT2D eigenvalue weighted by atomic mass is 16.5. The van der Waals surface area contributed by atoms with Gasteiger partial charge in [-0.25, -0.2) is 9.97 Å². The van der Waals surface area contributed by atoms with Crippen LogP contribution in [0.5, 0.6) is 11.5 Å². The molecule has 0 spiro atoms. The van der Waals surface area contributed by atoms with E-state index in [0.717, 1.165) is 33.8 Å². The highest BCUT2D eigenvalue weighted by Gasteiger charge is 2.11. The third-order valence-corrected chi connectivity index (χ3v) is 3.65. The molecule has 0 saturated heterocycles. The van der Waals surface area contributed by atoms with E-state index in [9.17, 15) is 0 Å². The standard InChI is InChI=1S/C17H18N4O2/c1-21(10-12-4-5-15(22-2)16(8-12)23-3)17-13-6-7-18-9-14(13)19-11-20-17/h4-9,11H,10H2,1-3H3. The topological polar surface area (TPSA) is 60.4 Å². The van der Waals surface area contributed by atoms with E-state index in [2.05, 4.69) is 19.9 Å². The molecule has 0 amide bonds. The third-order valence-electron chi connectivity index (χ3n) is 3.65. The van der Waals surface area contributed by atoms with E-state index in [1.54, 1.807) is 32.9 Å². The summed E-state index contributed by atoms with van der Waals surface area (Å²) < 4.78 is 10.6. The van der Waals surface area contributed by atoms with Crippen LogP contribution in [0.1, 0.15) is 5.56 Å². The van der Waals surface area contributed by atoms with E-state index in [1.807, 2.05) is 31.3 Å². The number of methoxy groups -OCH3 is 2. The van der Waals surface area contributed by atoms with Gasteiger partial charge in [-0.15, -0.1) is 0 Å². The van der Waals surface area contributed by atoms with Crippen LogP contribution >= 0.6 is 0 Å². The van der Waals surface area contributed by atoms with Gasteiger partial charge >= 0.3 is 0 Å². The van der Waals surface area contributed by atoms with Crippen LogP contribution in [0, 0.1) is 0 Å². The second kappa shape index (κ2) is 6.48. The Balaban J connectivity index is 1.90. The highest BCUT2D eigenvalue weighted by molar-refractivity contribution is 5.88. The van der Waals surface area contributed by atoms with E-state index in [1.165, 1.54) is 0 Å². The van der Waals surface area contributed by atoms with Gasteiger partial charge in [0.25, 0.3) is 0 Å². The summed E-state index contributed by atoms with van der Waals surface area (Å²) in [4.78, 5) is 14.8. The second-order valence-electron chi connectivity index (χ2n) is 5.14. The Hall–Kier alpha value is -2.89. The highest BCUT2D eigenvalue weighted by Crippen LogP contribution is 2.29. The Kier molecular flexibility index (Phi) is 4.23. The van der Waals surface area contributed by atoms with Crippen molar-refractivity contribution in [3.05, 3.63) is 48.5 Å². The molecule has 2 heterocycles. The molecule has 3 aromatic rings. The lowest BCUT2D eigenvalue weighted by atomic mass is 10.2. The Morgan fingerprint density at radius 2 is 1.87 bits per heavy atom. The lowest BCUT2D eigenvalue weighted by Gasteiger charge is -2.20. The molecule has 6 nitrogen and oxygen atoms in total. The van der Waals surface area contributed by atoms with E-state index in [-0.39, 0.29) is 0 Å². The second-order valence-corrected chi connectivity index (χ2v) is 5.14. The average molecular weight is 310 g/mol. The van der Waals surface area contributed by atoms with Crippen LogP contribution < -0.4 is 14.4 Å². The van der Waals surface area contributed by atoms with Crippen LogP contribution in [0.25, 0.3) is 10.9 Å². The van der Waals surface area contributed by atoms with Crippen molar-refractivity contribution in [2.45, 2.75) is 6.54 Å². The quantitative estimate of drug-likeness (QED) is 0.722. The molecule has 0 fully saturated rings. The number of hydrogen-bond donors (Lipinski definition) is 0. The maximum atomic E-state index is 5.36. The molecular formula is C17H18N4O2. The van der Waals surface area contributed by atoms with Crippen molar-refractivity contribution in [1.29, 1.82) is 0 Å². The van der Waals surface area contributed by atoms with Crippen molar-refractivity contribution in [1.82, 2.24) is 15.0 Å². The Bertz CT molecular complexity index is 817. The number of nitrogens with zero attached hydrogens (tertiary/aromatic N) is 4. The third kappa shape index (κ3) is 3.01. The smallest absolute Gasteiger partial charge is 0.161 e. The van der Waals surface area contributed by atoms with Crippen LogP contribution in [0.4, 0.5) is 5.82 Å². The largest absolute Gasteiger partial charge is 0.493 e. The van der Waals surface area contributed by atoms with Crippen LogP contribution in [0.3, 0.4) is 0 Å². The number of anilines is 1. The molecule has 23 heavy (non-hydrogen) atoms. The predicted molar refractivity (Wildman–Crippen MR) is 89.0 cm³/mol. The first-order valence-electron chi connectivity index (χ1n) is 7.19. The first-order chi connectivity index (χ1) is 11.2. The van der Waals surface area contributed by atoms with Crippen molar-refractivity contribution < 1.29 is 9.47 Å². The molecule has 0 aliphatic rings. The predicted octanol–water partition coefficient (Wildman–Crippen LogP) is 2.68. The minimum absolute atomic E-state index is 0.689. The molecular weight excluding hydrogens is 292 g/mol. The number of benzene rings is 1. The molecule has 0 N–H and O–H groups in total. The fourth-order valence-electron chi connectivity index (χ4n) is 2.53. The lowest BCUT2D eigenvalue weighted by molar-refractivity contribution is 0.354. The van der Waals surface area contributed by atoms with Gasteiger partial charge in [0.1, 0.15) is 12.1 Å². The van der Waals surface area contributed by atoms with Crippen molar-refractivity contribution >= 4 is 16.7 Å². The van der Waals surface area contributed by atoms with Crippen molar-refractivity contribution in [3.63, 3.8) is 0 Å². The summed E-state index contributed by atoms with van der Waals surface area (Å²) in [5.74, 6) is 2.31. The summed E-state index contributed by atoms with van der Waals surface area (Å²) in [6.07, 6.45) is 5.05. The van der Waals surface area contributed by atoms with E-state index < -0.39 is 0 Å². The monoisotopic (exact) mass is 310 g/mol. The summed E-state index contributed by atoms with van der Waals surface area (Å²) >= 11 is 0. The number of aromatic nitrogens is 3. The minimum atomic E-state index is 0.689. The fourth-order valence-corrected chi connectivity index (χ4v) is 2.53. The molecule has 118 valence electrons. The van der Waals surface area contributed by atoms with E-state index in [4.69, 9.17) is 9.47 Å². The molecule has 2 aromatic heterocycles.